The largest absolute Gasteiger partial charge is 0.494 e. The van der Waals surface area contributed by atoms with Crippen molar-refractivity contribution < 1.29 is 4.74 Å². The molecule has 0 saturated carbocycles. The van der Waals surface area contributed by atoms with Crippen LogP contribution in [0.5, 0.6) is 5.75 Å². The fourth-order valence-electron chi connectivity index (χ4n) is 2.04. The molecule has 21 heavy (non-hydrogen) atoms. The molecule has 0 heterocycles. The number of unbranched alkanes of at least 4 members (excludes halogenated alkanes) is 5. The molecular formula is C16H28N4O. The van der Waals surface area contributed by atoms with Crippen LogP contribution in [0.4, 0.5) is 5.69 Å². The second kappa shape index (κ2) is 10.9. The van der Waals surface area contributed by atoms with Crippen LogP contribution in [-0.4, -0.2) is 18.2 Å². The predicted octanol–water partition coefficient (Wildman–Crippen LogP) is 2.59. The Kier molecular flexibility index (Phi) is 8.88. The lowest BCUT2D eigenvalue weighted by Gasteiger charge is -2.12. The van der Waals surface area contributed by atoms with Gasteiger partial charge in [0.15, 0.2) is 0 Å². The molecule has 1 aromatic rings. The molecule has 5 nitrogen and oxygen atoms in total. The zero-order valence-corrected chi connectivity index (χ0v) is 12.7. The van der Waals surface area contributed by atoms with Crippen molar-refractivity contribution in [3.8, 4) is 5.75 Å². The summed E-state index contributed by atoms with van der Waals surface area (Å²) in [6.07, 6.45) is 10.2. The van der Waals surface area contributed by atoms with Gasteiger partial charge in [0.1, 0.15) is 5.75 Å². The Labute approximate surface area is 127 Å². The highest BCUT2D eigenvalue weighted by atomic mass is 16.5. The van der Waals surface area contributed by atoms with Crippen molar-refractivity contribution in [1.29, 1.82) is 0 Å². The van der Waals surface area contributed by atoms with Crippen molar-refractivity contribution in [1.82, 2.24) is 5.01 Å². The van der Waals surface area contributed by atoms with Crippen LogP contribution < -0.4 is 22.0 Å². The second-order valence-electron chi connectivity index (χ2n) is 5.12. The zero-order chi connectivity index (χ0) is 15.3. The molecule has 0 bridgehead atoms. The fraction of sp³-hybridized carbons (Fsp3) is 0.500. The van der Waals surface area contributed by atoms with E-state index in [0.717, 1.165) is 37.4 Å². The monoisotopic (exact) mass is 292 g/mol. The molecule has 6 N–H and O–H groups in total. The van der Waals surface area contributed by atoms with Gasteiger partial charge in [-0.3, -0.25) is 0 Å². The Morgan fingerprint density at radius 2 is 1.57 bits per heavy atom. The van der Waals surface area contributed by atoms with E-state index in [4.69, 9.17) is 22.0 Å². The van der Waals surface area contributed by atoms with Gasteiger partial charge in [0, 0.05) is 24.6 Å². The van der Waals surface area contributed by atoms with Gasteiger partial charge < -0.3 is 21.2 Å². The summed E-state index contributed by atoms with van der Waals surface area (Å²) in [5, 5.41) is 1.63. The Balaban J connectivity index is 1.90. The topological polar surface area (TPSA) is 90.5 Å². The average Bonchev–Trinajstić information content (AvgIpc) is 2.47. The minimum atomic E-state index is 0.764. The number of anilines is 1. The van der Waals surface area contributed by atoms with Crippen LogP contribution in [0.3, 0.4) is 0 Å². The smallest absolute Gasteiger partial charge is 0.119 e. The Hall–Kier alpha value is -1.88. The maximum Gasteiger partial charge on any atom is 0.119 e. The SMILES string of the molecule is N/C=C\N(N)CCCCCCCCOc1ccc(N)cc1. The Bertz CT molecular complexity index is 392. The maximum atomic E-state index is 5.67. The lowest BCUT2D eigenvalue weighted by atomic mass is 10.1. The third kappa shape index (κ3) is 8.81. The second-order valence-corrected chi connectivity index (χ2v) is 5.12. The number of hydrogen-bond donors (Lipinski definition) is 3. The average molecular weight is 292 g/mol. The zero-order valence-electron chi connectivity index (χ0n) is 12.7. The number of hydrazine groups is 1. The van der Waals surface area contributed by atoms with E-state index in [-0.39, 0.29) is 0 Å². The van der Waals surface area contributed by atoms with E-state index in [9.17, 15) is 0 Å². The molecule has 1 aromatic carbocycles. The van der Waals surface area contributed by atoms with E-state index in [0.29, 0.717) is 0 Å². The van der Waals surface area contributed by atoms with Crippen molar-refractivity contribution in [3.63, 3.8) is 0 Å². The first-order valence-electron chi connectivity index (χ1n) is 7.60. The van der Waals surface area contributed by atoms with Crippen molar-refractivity contribution in [2.45, 2.75) is 38.5 Å². The Morgan fingerprint density at radius 1 is 0.952 bits per heavy atom. The standard InChI is InChI=1S/C16H28N4O/c17-11-13-20(19)12-5-3-1-2-4-6-14-21-16-9-7-15(18)8-10-16/h7-11,13H,1-6,12,14,17-19H2/b13-11-. The molecule has 0 aliphatic heterocycles. The van der Waals surface area contributed by atoms with Gasteiger partial charge in [-0.05, 0) is 37.1 Å². The van der Waals surface area contributed by atoms with Crippen LogP contribution in [-0.2, 0) is 0 Å². The van der Waals surface area contributed by atoms with E-state index in [1.165, 1.54) is 31.9 Å². The lowest BCUT2D eigenvalue weighted by molar-refractivity contribution is 0.304. The number of nitrogens with zero attached hydrogens (tertiary/aromatic N) is 1. The maximum absolute atomic E-state index is 5.67. The summed E-state index contributed by atoms with van der Waals surface area (Å²) in [5.41, 5.74) is 11.6. The number of benzene rings is 1. The van der Waals surface area contributed by atoms with E-state index < -0.39 is 0 Å². The molecule has 0 fully saturated rings. The van der Waals surface area contributed by atoms with E-state index in [2.05, 4.69) is 0 Å². The highest BCUT2D eigenvalue weighted by Crippen LogP contribution is 2.14. The highest BCUT2D eigenvalue weighted by Gasteiger charge is 1.96. The van der Waals surface area contributed by atoms with Crippen LogP contribution in [0.1, 0.15) is 38.5 Å². The molecule has 0 unspecified atom stereocenters. The molecule has 0 saturated heterocycles. The number of nitrogens with two attached hydrogens (primary N) is 3. The summed E-state index contributed by atoms with van der Waals surface area (Å²) in [7, 11) is 0. The van der Waals surface area contributed by atoms with Gasteiger partial charge >= 0.3 is 0 Å². The number of nitrogen functional groups attached to an aromatic ring is 1. The van der Waals surface area contributed by atoms with Gasteiger partial charge in [0.05, 0.1) is 6.61 Å². The van der Waals surface area contributed by atoms with Gasteiger partial charge in [-0.15, -0.1) is 0 Å². The van der Waals surface area contributed by atoms with Gasteiger partial charge in [-0.25, -0.2) is 5.84 Å². The van der Waals surface area contributed by atoms with E-state index in [1.54, 1.807) is 11.2 Å². The summed E-state index contributed by atoms with van der Waals surface area (Å²) in [6.45, 7) is 1.62. The number of ether oxygens (including phenoxy) is 1. The molecule has 0 aliphatic rings. The molecule has 118 valence electrons. The highest BCUT2D eigenvalue weighted by molar-refractivity contribution is 5.41. The van der Waals surface area contributed by atoms with Gasteiger partial charge in [0.25, 0.3) is 0 Å². The quantitative estimate of drug-likeness (QED) is 0.252. The summed E-state index contributed by atoms with van der Waals surface area (Å²) in [6, 6.07) is 7.53. The predicted molar refractivity (Wildman–Crippen MR) is 88.3 cm³/mol. The van der Waals surface area contributed by atoms with Gasteiger partial charge in [0.2, 0.25) is 0 Å². The molecule has 0 aromatic heterocycles. The first kappa shape index (κ1) is 17.2. The van der Waals surface area contributed by atoms with Crippen LogP contribution in [0, 0.1) is 0 Å². The van der Waals surface area contributed by atoms with E-state index in [1.807, 2.05) is 24.3 Å². The summed E-state index contributed by atoms with van der Waals surface area (Å²) < 4.78 is 5.65. The van der Waals surface area contributed by atoms with Crippen LogP contribution in [0.15, 0.2) is 36.7 Å². The molecule has 1 rings (SSSR count). The fourth-order valence-corrected chi connectivity index (χ4v) is 2.04. The van der Waals surface area contributed by atoms with Gasteiger partial charge in [-0.2, -0.15) is 0 Å². The minimum absolute atomic E-state index is 0.764. The third-order valence-electron chi connectivity index (χ3n) is 3.24. The number of hydrogen-bond acceptors (Lipinski definition) is 5. The summed E-state index contributed by atoms with van der Waals surface area (Å²) in [4.78, 5) is 0. The van der Waals surface area contributed by atoms with Gasteiger partial charge in [-0.1, -0.05) is 25.7 Å². The summed E-state index contributed by atoms with van der Waals surface area (Å²) in [5.74, 6) is 6.56. The molecule has 5 heteroatoms. The lowest BCUT2D eigenvalue weighted by Crippen LogP contribution is -2.26. The normalized spacial score (nSPS) is 10.9. The van der Waals surface area contributed by atoms with Crippen LogP contribution >= 0.6 is 0 Å². The molecule has 0 atom stereocenters. The molecule has 0 amide bonds. The van der Waals surface area contributed by atoms with Crippen LogP contribution in [0.25, 0.3) is 0 Å². The van der Waals surface area contributed by atoms with Crippen molar-refractivity contribution in [2.24, 2.45) is 11.6 Å². The minimum Gasteiger partial charge on any atom is -0.494 e. The molecule has 0 radical (unpaired) electrons. The first-order valence-corrected chi connectivity index (χ1v) is 7.60. The van der Waals surface area contributed by atoms with Crippen molar-refractivity contribution in [3.05, 3.63) is 36.7 Å². The molecule has 0 spiro atoms. The number of rotatable bonds is 11. The third-order valence-corrected chi connectivity index (χ3v) is 3.24. The van der Waals surface area contributed by atoms with Crippen LogP contribution in [0.2, 0.25) is 0 Å². The molecular weight excluding hydrogens is 264 g/mol. The van der Waals surface area contributed by atoms with Crippen molar-refractivity contribution in [2.75, 3.05) is 18.9 Å². The van der Waals surface area contributed by atoms with E-state index >= 15 is 0 Å². The first-order chi connectivity index (χ1) is 10.2. The summed E-state index contributed by atoms with van der Waals surface area (Å²) >= 11 is 0. The van der Waals surface area contributed by atoms with Crippen molar-refractivity contribution >= 4 is 5.69 Å². The Morgan fingerprint density at radius 3 is 2.24 bits per heavy atom. The molecule has 0 aliphatic carbocycles.